The first kappa shape index (κ1) is 16.9. The van der Waals surface area contributed by atoms with E-state index < -0.39 is 0 Å². The van der Waals surface area contributed by atoms with E-state index >= 15 is 0 Å². The van der Waals surface area contributed by atoms with Crippen LogP contribution < -0.4 is 24.8 Å². The number of hydrogen-bond donors (Lipinski definition) is 0. The Morgan fingerprint density at radius 2 is 1.30 bits per heavy atom. The van der Waals surface area contributed by atoms with Gasteiger partial charge in [-0.1, -0.05) is 35.9 Å². The van der Waals surface area contributed by atoms with Crippen molar-refractivity contribution in [2.24, 2.45) is 0 Å². The molecule has 0 saturated heterocycles. The molecule has 0 fully saturated rings. The minimum atomic E-state index is 0. The summed E-state index contributed by atoms with van der Waals surface area (Å²) in [6, 6.07) is 10.3. The van der Waals surface area contributed by atoms with Crippen LogP contribution in [0.3, 0.4) is 0 Å². The summed E-state index contributed by atoms with van der Waals surface area (Å²) in [5, 5.41) is 0. The summed E-state index contributed by atoms with van der Waals surface area (Å²) in [6.45, 7) is 2.08. The third-order valence-corrected chi connectivity index (χ3v) is 0.940. The normalized spacial score (nSPS) is 6.10. The van der Waals surface area contributed by atoms with Crippen molar-refractivity contribution in [3.05, 3.63) is 35.9 Å². The monoisotopic (exact) mass is 186 g/mol. The molecule has 0 radical (unpaired) electrons. The van der Waals surface area contributed by atoms with Gasteiger partial charge in [0.1, 0.15) is 0 Å². The van der Waals surface area contributed by atoms with Gasteiger partial charge in [0.25, 0.3) is 0 Å². The largest absolute Gasteiger partial charge is 2.00 e. The first-order valence-electron chi connectivity index (χ1n) is 2.41. The van der Waals surface area contributed by atoms with Crippen molar-refractivity contribution in [2.45, 2.75) is 6.92 Å². The Hall–Kier alpha value is 0.566. The Bertz CT molecular complexity index is 142. The van der Waals surface area contributed by atoms with Gasteiger partial charge in [-0.2, -0.15) is 0 Å². The predicted molar refractivity (Wildman–Crippen MR) is 36.9 cm³/mol. The number of hydrogen-bond acceptors (Lipinski definition) is 0. The zero-order valence-corrected chi connectivity index (χ0v) is 8.78. The summed E-state index contributed by atoms with van der Waals surface area (Å²) in [7, 11) is 0. The second-order valence-corrected chi connectivity index (χ2v) is 1.65. The molecule has 1 aromatic rings. The van der Waals surface area contributed by atoms with E-state index in [-0.39, 0.29) is 47.9 Å². The summed E-state index contributed by atoms with van der Waals surface area (Å²) in [5.41, 5.74) is 1.32. The van der Waals surface area contributed by atoms with Crippen molar-refractivity contribution < 1.29 is 24.8 Å². The van der Waals surface area contributed by atoms with Gasteiger partial charge in [-0.15, -0.1) is 0 Å². The smallest absolute Gasteiger partial charge is 1.00 e. The van der Waals surface area contributed by atoms with E-state index in [1.165, 1.54) is 5.56 Å². The van der Waals surface area contributed by atoms with Crippen LogP contribution in [-0.2, 0) is 0 Å². The first-order chi connectivity index (χ1) is 3.39. The molecule has 10 heavy (non-hydrogen) atoms. The molecule has 1 aromatic carbocycles. The van der Waals surface area contributed by atoms with Gasteiger partial charge in [0.2, 0.25) is 0 Å². The van der Waals surface area contributed by atoms with Crippen LogP contribution in [0.4, 0.5) is 0 Å². The van der Waals surface area contributed by atoms with Gasteiger partial charge in [-0.05, 0) is 6.92 Å². The molecule has 0 nitrogen and oxygen atoms in total. The van der Waals surface area contributed by atoms with Crippen molar-refractivity contribution in [1.82, 2.24) is 0 Å². The van der Waals surface area contributed by atoms with E-state index in [0.29, 0.717) is 0 Å². The van der Waals surface area contributed by atoms with E-state index in [2.05, 4.69) is 19.1 Å². The Kier molecular flexibility index (Phi) is 16.2. The van der Waals surface area contributed by atoms with Crippen LogP contribution in [0.15, 0.2) is 30.3 Å². The Morgan fingerprint density at radius 1 is 0.900 bits per heavy atom. The van der Waals surface area contributed by atoms with E-state index in [1.54, 1.807) is 0 Å². The summed E-state index contributed by atoms with van der Waals surface area (Å²) in [6.07, 6.45) is 0. The van der Waals surface area contributed by atoms with E-state index in [1.807, 2.05) is 18.2 Å². The molecule has 0 aromatic heterocycles. The molecule has 0 spiro atoms. The van der Waals surface area contributed by atoms with Gasteiger partial charge >= 0.3 is 23.1 Å². The second kappa shape index (κ2) is 9.57. The van der Waals surface area contributed by atoms with Crippen LogP contribution in [0.2, 0.25) is 0 Å². The molecule has 0 saturated carbocycles. The number of aryl methyl sites for hydroxylation is 1. The van der Waals surface area contributed by atoms with Crippen LogP contribution in [-0.4, -0.2) is 23.1 Å². The summed E-state index contributed by atoms with van der Waals surface area (Å²) >= 11 is 0. The molecule has 1 rings (SSSR count). The third-order valence-electron chi connectivity index (χ3n) is 0.940. The standard InChI is InChI=1S/C7H8.2ClH.Mg/c1-7-5-3-2-4-6-7;;;/h2-6H,1H3;2*1H;/q;;;+2/p-2. The van der Waals surface area contributed by atoms with Crippen LogP contribution in [0, 0.1) is 6.92 Å². The van der Waals surface area contributed by atoms with E-state index in [9.17, 15) is 0 Å². The molecule has 0 aliphatic rings. The quantitative estimate of drug-likeness (QED) is 0.360. The molecule has 0 aliphatic heterocycles. The molecular formula is C7H8Cl2Mg. The minimum absolute atomic E-state index is 0. The van der Waals surface area contributed by atoms with Crippen molar-refractivity contribution >= 4 is 23.1 Å². The molecular weight excluding hydrogens is 179 g/mol. The number of benzene rings is 1. The van der Waals surface area contributed by atoms with Crippen LogP contribution in [0.5, 0.6) is 0 Å². The van der Waals surface area contributed by atoms with Gasteiger partial charge < -0.3 is 24.8 Å². The average molecular weight is 187 g/mol. The van der Waals surface area contributed by atoms with Crippen LogP contribution >= 0.6 is 0 Å². The van der Waals surface area contributed by atoms with E-state index in [4.69, 9.17) is 0 Å². The maximum Gasteiger partial charge on any atom is 2.00 e. The molecule has 0 unspecified atom stereocenters. The number of halogens is 2. The third kappa shape index (κ3) is 6.68. The van der Waals surface area contributed by atoms with Crippen molar-refractivity contribution in [3.8, 4) is 0 Å². The van der Waals surface area contributed by atoms with Gasteiger partial charge in [-0.25, -0.2) is 0 Å². The fourth-order valence-corrected chi connectivity index (χ4v) is 0.534. The van der Waals surface area contributed by atoms with Gasteiger partial charge in [0, 0.05) is 0 Å². The molecule has 0 heterocycles. The summed E-state index contributed by atoms with van der Waals surface area (Å²) in [4.78, 5) is 0. The molecule has 0 N–H and O–H groups in total. The Labute approximate surface area is 90.4 Å². The van der Waals surface area contributed by atoms with Crippen molar-refractivity contribution in [2.75, 3.05) is 0 Å². The van der Waals surface area contributed by atoms with Crippen molar-refractivity contribution in [1.29, 1.82) is 0 Å². The second-order valence-electron chi connectivity index (χ2n) is 1.65. The molecule has 52 valence electrons. The molecule has 0 atom stereocenters. The molecule has 0 aliphatic carbocycles. The maximum atomic E-state index is 2.08. The molecule has 0 bridgehead atoms. The topological polar surface area (TPSA) is 0 Å². The Morgan fingerprint density at radius 3 is 1.50 bits per heavy atom. The number of rotatable bonds is 0. The van der Waals surface area contributed by atoms with Crippen molar-refractivity contribution in [3.63, 3.8) is 0 Å². The summed E-state index contributed by atoms with van der Waals surface area (Å²) < 4.78 is 0. The van der Waals surface area contributed by atoms with Gasteiger partial charge in [0.15, 0.2) is 0 Å². The minimum Gasteiger partial charge on any atom is -1.00 e. The van der Waals surface area contributed by atoms with E-state index in [0.717, 1.165) is 0 Å². The molecule has 3 heteroatoms. The van der Waals surface area contributed by atoms with Crippen LogP contribution in [0.25, 0.3) is 0 Å². The zero-order chi connectivity index (χ0) is 5.11. The average Bonchev–Trinajstić information content (AvgIpc) is 1.69. The fraction of sp³-hybridized carbons (Fsp3) is 0.143. The SMILES string of the molecule is Cc1ccccc1.[Cl-].[Cl-].[Mg+2]. The van der Waals surface area contributed by atoms with Gasteiger partial charge in [0.05, 0.1) is 0 Å². The fourth-order valence-electron chi connectivity index (χ4n) is 0.534. The first-order valence-corrected chi connectivity index (χ1v) is 2.41. The summed E-state index contributed by atoms with van der Waals surface area (Å²) in [5.74, 6) is 0. The van der Waals surface area contributed by atoms with Gasteiger partial charge in [-0.3, -0.25) is 0 Å². The van der Waals surface area contributed by atoms with Crippen LogP contribution in [0.1, 0.15) is 5.56 Å². The predicted octanol–water partition coefficient (Wildman–Crippen LogP) is -4.38. The zero-order valence-electron chi connectivity index (χ0n) is 5.85. The molecule has 0 amide bonds. The Balaban J connectivity index is -0.000000163. The maximum absolute atomic E-state index is 2.08.